The Morgan fingerprint density at radius 3 is 2.73 bits per heavy atom. The van der Waals surface area contributed by atoms with Crippen molar-refractivity contribution in [3.05, 3.63) is 59.4 Å². The zero-order chi connectivity index (χ0) is 21.7. The van der Waals surface area contributed by atoms with Crippen LogP contribution in [0.4, 0.5) is 10.1 Å². The van der Waals surface area contributed by atoms with E-state index in [0.717, 1.165) is 19.4 Å². The fourth-order valence-corrected chi connectivity index (χ4v) is 5.58. The summed E-state index contributed by atoms with van der Waals surface area (Å²) >= 11 is 0. The van der Waals surface area contributed by atoms with Crippen LogP contribution in [0.15, 0.2) is 47.4 Å². The number of amides is 1. The number of carbonyl (C=O) groups excluding carboxylic acids is 1. The molecule has 0 bridgehead atoms. The van der Waals surface area contributed by atoms with Gasteiger partial charge in [-0.3, -0.25) is 4.79 Å². The van der Waals surface area contributed by atoms with E-state index in [4.69, 9.17) is 0 Å². The molecule has 0 saturated carbocycles. The second-order valence-electron chi connectivity index (χ2n) is 8.22. The first kappa shape index (κ1) is 22.4. The first-order chi connectivity index (χ1) is 14.2. The van der Waals surface area contributed by atoms with Crippen molar-refractivity contribution in [1.82, 2.24) is 5.32 Å². The minimum atomic E-state index is -3.51. The molecule has 7 heteroatoms. The topological polar surface area (TPSA) is 75.3 Å². The van der Waals surface area contributed by atoms with Crippen molar-refractivity contribution in [1.29, 1.82) is 0 Å². The molecule has 30 heavy (non-hydrogen) atoms. The average Bonchev–Trinajstić information content (AvgIpc) is 2.71. The number of anilines is 1. The molecule has 0 radical (unpaired) electrons. The summed E-state index contributed by atoms with van der Waals surface area (Å²) in [6.07, 6.45) is 4.27. The number of aryl methyl sites for hydroxylation is 1. The predicted octanol–water partition coefficient (Wildman–Crippen LogP) is 4.33. The van der Waals surface area contributed by atoms with E-state index < -0.39 is 15.7 Å². The molecule has 2 aromatic rings. The van der Waals surface area contributed by atoms with Crippen LogP contribution in [0.3, 0.4) is 0 Å². The van der Waals surface area contributed by atoms with E-state index >= 15 is 0 Å². The highest BCUT2D eigenvalue weighted by molar-refractivity contribution is 7.91. The van der Waals surface area contributed by atoms with Gasteiger partial charge in [0.05, 0.1) is 10.6 Å². The number of sulfone groups is 1. The van der Waals surface area contributed by atoms with Crippen LogP contribution in [0.5, 0.6) is 0 Å². The lowest BCUT2D eigenvalue weighted by molar-refractivity contribution is 0.102. The highest BCUT2D eigenvalue weighted by Gasteiger charge is 2.23. The number of halogens is 1. The second-order valence-corrected chi connectivity index (χ2v) is 10.2. The number of hydrogen-bond acceptors (Lipinski definition) is 4. The van der Waals surface area contributed by atoms with E-state index in [2.05, 4.69) is 10.6 Å². The van der Waals surface area contributed by atoms with Crippen LogP contribution in [-0.2, 0) is 9.84 Å². The minimum Gasteiger partial charge on any atom is -0.322 e. The molecule has 3 rings (SSSR count). The summed E-state index contributed by atoms with van der Waals surface area (Å²) in [6.45, 7) is 4.57. The second kappa shape index (κ2) is 9.71. The van der Waals surface area contributed by atoms with E-state index in [-0.39, 0.29) is 27.9 Å². The van der Waals surface area contributed by atoms with E-state index in [1.165, 1.54) is 43.2 Å². The Morgan fingerprint density at radius 1 is 1.23 bits per heavy atom. The molecule has 0 aliphatic carbocycles. The van der Waals surface area contributed by atoms with Crippen molar-refractivity contribution in [3.8, 4) is 0 Å². The quantitative estimate of drug-likeness (QED) is 0.683. The summed E-state index contributed by atoms with van der Waals surface area (Å²) in [5.41, 5.74) is 1.13. The van der Waals surface area contributed by atoms with E-state index in [0.29, 0.717) is 17.3 Å². The molecule has 1 aliphatic rings. The van der Waals surface area contributed by atoms with Gasteiger partial charge in [-0.15, -0.1) is 0 Å². The van der Waals surface area contributed by atoms with Gasteiger partial charge < -0.3 is 10.6 Å². The van der Waals surface area contributed by atoms with Gasteiger partial charge in [0, 0.05) is 17.3 Å². The van der Waals surface area contributed by atoms with Gasteiger partial charge in [0.1, 0.15) is 5.82 Å². The van der Waals surface area contributed by atoms with Gasteiger partial charge in [0.2, 0.25) is 0 Å². The number of nitrogens with one attached hydrogen (secondary N) is 2. The smallest absolute Gasteiger partial charge is 0.255 e. The molecule has 2 unspecified atom stereocenters. The Balaban J connectivity index is 1.68. The summed E-state index contributed by atoms with van der Waals surface area (Å²) in [5, 5.41) is 6.15. The van der Waals surface area contributed by atoms with Crippen LogP contribution in [0.2, 0.25) is 0 Å². The van der Waals surface area contributed by atoms with Gasteiger partial charge in [-0.05, 0) is 80.6 Å². The largest absolute Gasteiger partial charge is 0.322 e. The van der Waals surface area contributed by atoms with Crippen molar-refractivity contribution < 1.29 is 17.6 Å². The molecule has 1 heterocycles. The standard InChI is InChI=1S/C23H29FN2O3S/c1-16(12-19-7-3-4-11-25-19)15-30(28,29)21-8-5-6-18(14-21)23(27)26-20-9-10-22(24)17(2)13-20/h5-6,8-10,13-14,16,19,25H,3-4,7,11-12,15H2,1-2H3,(H,26,27). The normalized spacial score (nSPS) is 18.0. The lowest BCUT2D eigenvalue weighted by Gasteiger charge is -2.26. The Morgan fingerprint density at radius 2 is 2.03 bits per heavy atom. The Bertz CT molecular complexity index is 1000. The third-order valence-electron chi connectivity index (χ3n) is 5.47. The minimum absolute atomic E-state index is 0.0188. The summed E-state index contributed by atoms with van der Waals surface area (Å²) in [5.74, 6) is -0.714. The van der Waals surface area contributed by atoms with E-state index in [1.807, 2.05) is 6.92 Å². The van der Waals surface area contributed by atoms with Crippen LogP contribution in [-0.4, -0.2) is 32.7 Å². The lowest BCUT2D eigenvalue weighted by Crippen LogP contribution is -2.36. The fraction of sp³-hybridized carbons (Fsp3) is 0.435. The Labute approximate surface area is 178 Å². The van der Waals surface area contributed by atoms with Crippen LogP contribution in [0, 0.1) is 18.7 Å². The van der Waals surface area contributed by atoms with Crippen molar-refractivity contribution in [2.24, 2.45) is 5.92 Å². The summed E-state index contributed by atoms with van der Waals surface area (Å²) in [6, 6.07) is 10.8. The number of hydrogen-bond donors (Lipinski definition) is 2. The molecule has 2 N–H and O–H groups in total. The third kappa shape index (κ3) is 5.89. The zero-order valence-electron chi connectivity index (χ0n) is 17.4. The predicted molar refractivity (Wildman–Crippen MR) is 117 cm³/mol. The van der Waals surface area contributed by atoms with Gasteiger partial charge in [-0.1, -0.05) is 19.4 Å². The number of piperidine rings is 1. The van der Waals surface area contributed by atoms with Crippen LogP contribution in [0.25, 0.3) is 0 Å². The Hall–Kier alpha value is -2.25. The maximum absolute atomic E-state index is 13.4. The van der Waals surface area contributed by atoms with Crippen LogP contribution >= 0.6 is 0 Å². The molecule has 1 amide bonds. The van der Waals surface area contributed by atoms with Gasteiger partial charge in [-0.2, -0.15) is 0 Å². The van der Waals surface area contributed by atoms with Gasteiger partial charge in [-0.25, -0.2) is 12.8 Å². The monoisotopic (exact) mass is 432 g/mol. The molecule has 2 aromatic carbocycles. The molecule has 0 aromatic heterocycles. The number of rotatable bonds is 7. The molecule has 0 spiro atoms. The van der Waals surface area contributed by atoms with Gasteiger partial charge >= 0.3 is 0 Å². The summed E-state index contributed by atoms with van der Waals surface area (Å²) in [4.78, 5) is 12.7. The molecule has 1 aliphatic heterocycles. The van der Waals surface area contributed by atoms with Gasteiger partial charge in [0.15, 0.2) is 9.84 Å². The van der Waals surface area contributed by atoms with Crippen molar-refractivity contribution in [3.63, 3.8) is 0 Å². The third-order valence-corrected chi connectivity index (χ3v) is 7.45. The van der Waals surface area contributed by atoms with Crippen LogP contribution < -0.4 is 10.6 Å². The molecule has 1 saturated heterocycles. The molecular formula is C23H29FN2O3S. The number of carbonyl (C=O) groups is 1. The van der Waals surface area contributed by atoms with Gasteiger partial charge in [0.25, 0.3) is 5.91 Å². The maximum atomic E-state index is 13.4. The highest BCUT2D eigenvalue weighted by atomic mass is 32.2. The van der Waals surface area contributed by atoms with Crippen molar-refractivity contribution >= 4 is 21.4 Å². The molecule has 5 nitrogen and oxygen atoms in total. The Kier molecular flexibility index (Phi) is 7.26. The van der Waals surface area contributed by atoms with Crippen molar-refractivity contribution in [2.75, 3.05) is 17.6 Å². The number of benzene rings is 2. The van der Waals surface area contributed by atoms with E-state index in [9.17, 15) is 17.6 Å². The van der Waals surface area contributed by atoms with Crippen molar-refractivity contribution in [2.45, 2.75) is 50.5 Å². The summed E-state index contributed by atoms with van der Waals surface area (Å²) in [7, 11) is -3.51. The average molecular weight is 433 g/mol. The maximum Gasteiger partial charge on any atom is 0.255 e. The molecular weight excluding hydrogens is 403 g/mol. The molecule has 2 atom stereocenters. The first-order valence-electron chi connectivity index (χ1n) is 10.4. The van der Waals surface area contributed by atoms with E-state index in [1.54, 1.807) is 19.1 Å². The zero-order valence-corrected chi connectivity index (χ0v) is 18.3. The lowest BCUT2D eigenvalue weighted by atomic mass is 9.96. The summed E-state index contributed by atoms with van der Waals surface area (Å²) < 4.78 is 39.2. The fourth-order valence-electron chi connectivity index (χ4n) is 3.91. The molecule has 1 fully saturated rings. The first-order valence-corrected chi connectivity index (χ1v) is 12.0. The molecule has 162 valence electrons. The van der Waals surface area contributed by atoms with Crippen LogP contribution in [0.1, 0.15) is 48.5 Å². The highest BCUT2D eigenvalue weighted by Crippen LogP contribution is 2.22. The SMILES string of the molecule is Cc1cc(NC(=O)c2cccc(S(=O)(=O)CC(C)CC3CCCCN3)c2)ccc1F.